The Bertz CT molecular complexity index is 716. The zero-order chi connectivity index (χ0) is 17.0. The number of carbonyl (C=O) groups is 1. The fourth-order valence-corrected chi connectivity index (χ4v) is 2.85. The summed E-state index contributed by atoms with van der Waals surface area (Å²) in [6.07, 6.45) is 0. The van der Waals surface area contributed by atoms with Gasteiger partial charge in [-0.05, 0) is 31.5 Å². The molecule has 0 fully saturated rings. The van der Waals surface area contributed by atoms with Crippen molar-refractivity contribution in [2.75, 3.05) is 18.9 Å². The van der Waals surface area contributed by atoms with Crippen molar-refractivity contribution in [2.24, 2.45) is 0 Å². The molecule has 2 N–H and O–H groups in total. The minimum Gasteiger partial charge on any atom is -0.326 e. The monoisotopic (exact) mass is 351 g/mol. The van der Waals surface area contributed by atoms with Crippen LogP contribution in [0, 0.1) is 13.8 Å². The van der Waals surface area contributed by atoms with E-state index in [1.807, 2.05) is 7.05 Å². The first-order chi connectivity index (χ1) is 10.9. The molecule has 1 amide bonds. The van der Waals surface area contributed by atoms with Crippen LogP contribution in [0.15, 0.2) is 36.4 Å². The van der Waals surface area contributed by atoms with Crippen LogP contribution in [-0.2, 0) is 11.3 Å². The maximum Gasteiger partial charge on any atom is 0.279 e. The molecule has 1 unspecified atom stereocenters. The molecule has 1 atom stereocenters. The lowest BCUT2D eigenvalue weighted by Crippen LogP contribution is -3.08. The maximum atomic E-state index is 12.2. The predicted octanol–water partition coefficient (Wildman–Crippen LogP) is 3.26. The van der Waals surface area contributed by atoms with Gasteiger partial charge in [0, 0.05) is 5.56 Å². The Hall–Kier alpha value is -1.55. The number of carbonyl (C=O) groups excluding carboxylic acids is 1. The molecule has 3 nitrogen and oxygen atoms in total. The fourth-order valence-electron chi connectivity index (χ4n) is 2.50. The zero-order valence-electron chi connectivity index (χ0n) is 13.5. The van der Waals surface area contributed by atoms with Crippen LogP contribution in [0.1, 0.15) is 16.7 Å². The third-order valence-corrected chi connectivity index (χ3v) is 4.50. The molecule has 2 aromatic rings. The number of hydrogen-bond donors (Lipinski definition) is 2. The Morgan fingerprint density at radius 2 is 1.91 bits per heavy atom. The predicted molar refractivity (Wildman–Crippen MR) is 96.5 cm³/mol. The van der Waals surface area contributed by atoms with Gasteiger partial charge in [-0.3, -0.25) is 4.79 Å². The highest BCUT2D eigenvalue weighted by Gasteiger charge is 2.14. The second kappa shape index (κ2) is 7.82. The first kappa shape index (κ1) is 17.8. The molecule has 2 rings (SSSR count). The minimum absolute atomic E-state index is 0.0866. The number of hydrogen-bond acceptors (Lipinski definition) is 1. The molecule has 0 aliphatic carbocycles. The van der Waals surface area contributed by atoms with E-state index in [0.717, 1.165) is 11.4 Å². The van der Waals surface area contributed by atoms with E-state index in [4.69, 9.17) is 23.2 Å². The highest BCUT2D eigenvalue weighted by Crippen LogP contribution is 2.29. The number of halogens is 2. The summed E-state index contributed by atoms with van der Waals surface area (Å²) >= 11 is 12.0. The number of rotatable bonds is 5. The van der Waals surface area contributed by atoms with Gasteiger partial charge in [-0.2, -0.15) is 0 Å². The number of anilines is 1. The molecule has 0 aliphatic heterocycles. The highest BCUT2D eigenvalue weighted by molar-refractivity contribution is 6.43. The molecule has 0 saturated heterocycles. The van der Waals surface area contributed by atoms with Gasteiger partial charge in [0.1, 0.15) is 6.54 Å². The molecule has 5 heteroatoms. The van der Waals surface area contributed by atoms with Crippen LogP contribution in [0.5, 0.6) is 0 Å². The minimum atomic E-state index is -0.0866. The number of nitrogens with one attached hydrogen (secondary N) is 2. The van der Waals surface area contributed by atoms with E-state index in [-0.39, 0.29) is 5.91 Å². The normalized spacial score (nSPS) is 12.0. The summed E-state index contributed by atoms with van der Waals surface area (Å²) < 4.78 is 0. The van der Waals surface area contributed by atoms with Crippen molar-refractivity contribution < 1.29 is 9.69 Å². The molecule has 0 bridgehead atoms. The van der Waals surface area contributed by atoms with Crippen molar-refractivity contribution in [3.63, 3.8) is 0 Å². The van der Waals surface area contributed by atoms with Gasteiger partial charge in [0.05, 0.1) is 22.8 Å². The lowest BCUT2D eigenvalue weighted by Gasteiger charge is -2.16. The fraction of sp³-hybridized carbons (Fsp3) is 0.278. The summed E-state index contributed by atoms with van der Waals surface area (Å²) in [6.45, 7) is 5.33. The molecule has 0 aliphatic rings. The van der Waals surface area contributed by atoms with Gasteiger partial charge in [-0.25, -0.2) is 0 Å². The van der Waals surface area contributed by atoms with Gasteiger partial charge >= 0.3 is 0 Å². The number of quaternary nitrogens is 1. The molecular weight excluding hydrogens is 331 g/mol. The zero-order valence-corrected chi connectivity index (χ0v) is 15.1. The first-order valence-corrected chi connectivity index (χ1v) is 8.23. The van der Waals surface area contributed by atoms with Crippen molar-refractivity contribution in [1.29, 1.82) is 0 Å². The number of benzene rings is 2. The van der Waals surface area contributed by atoms with E-state index in [1.165, 1.54) is 16.7 Å². The summed E-state index contributed by atoms with van der Waals surface area (Å²) in [5, 5.41) is 3.62. The lowest BCUT2D eigenvalue weighted by atomic mass is 10.1. The van der Waals surface area contributed by atoms with Crippen molar-refractivity contribution in [3.05, 3.63) is 63.1 Å². The van der Waals surface area contributed by atoms with E-state index in [0.29, 0.717) is 22.3 Å². The molecule has 0 saturated carbocycles. The van der Waals surface area contributed by atoms with Crippen LogP contribution in [0.25, 0.3) is 0 Å². The number of likely N-dealkylation sites (N-methyl/N-ethyl adjacent to an activating group) is 1. The number of aryl methyl sites for hydroxylation is 2. The quantitative estimate of drug-likeness (QED) is 0.851. The third kappa shape index (κ3) is 4.96. The molecule has 0 radical (unpaired) electrons. The highest BCUT2D eigenvalue weighted by atomic mass is 35.5. The molecule has 0 spiro atoms. The van der Waals surface area contributed by atoms with Crippen molar-refractivity contribution >= 4 is 34.8 Å². The van der Waals surface area contributed by atoms with Crippen LogP contribution in [0.3, 0.4) is 0 Å². The van der Waals surface area contributed by atoms with Crippen molar-refractivity contribution in [1.82, 2.24) is 0 Å². The van der Waals surface area contributed by atoms with E-state index in [1.54, 1.807) is 18.2 Å². The van der Waals surface area contributed by atoms with Crippen LogP contribution < -0.4 is 10.2 Å². The van der Waals surface area contributed by atoms with Gasteiger partial charge in [-0.1, -0.05) is 53.0 Å². The second-order valence-electron chi connectivity index (χ2n) is 5.89. The molecule has 0 aromatic heterocycles. The van der Waals surface area contributed by atoms with Gasteiger partial charge in [0.15, 0.2) is 6.54 Å². The van der Waals surface area contributed by atoms with E-state index < -0.39 is 0 Å². The Kier molecular flexibility index (Phi) is 6.05. The van der Waals surface area contributed by atoms with E-state index in [2.05, 4.69) is 37.4 Å². The molecule has 0 heterocycles. The van der Waals surface area contributed by atoms with E-state index in [9.17, 15) is 4.79 Å². The lowest BCUT2D eigenvalue weighted by molar-refractivity contribution is -0.885. The topological polar surface area (TPSA) is 33.5 Å². The maximum absolute atomic E-state index is 12.2. The van der Waals surface area contributed by atoms with Gasteiger partial charge in [0.2, 0.25) is 0 Å². The third-order valence-electron chi connectivity index (χ3n) is 3.68. The summed E-state index contributed by atoms with van der Waals surface area (Å²) in [4.78, 5) is 13.3. The molecule has 2 aromatic carbocycles. The summed E-state index contributed by atoms with van der Waals surface area (Å²) in [7, 11) is 2.00. The Labute approximate surface area is 147 Å². The van der Waals surface area contributed by atoms with Gasteiger partial charge in [0.25, 0.3) is 5.91 Å². The standard InChI is InChI=1S/C18H20Cl2N2O/c1-12-7-8-14(13(2)9-12)10-22(3)11-17(23)21-16-6-4-5-15(19)18(16)20/h4-9H,10-11H2,1-3H3,(H,21,23)/p+1. The van der Waals surface area contributed by atoms with Crippen LogP contribution in [-0.4, -0.2) is 19.5 Å². The van der Waals surface area contributed by atoms with Crippen LogP contribution in [0.2, 0.25) is 10.0 Å². The average molecular weight is 352 g/mol. The molecule has 23 heavy (non-hydrogen) atoms. The summed E-state index contributed by atoms with van der Waals surface area (Å²) in [5.41, 5.74) is 4.30. The SMILES string of the molecule is Cc1ccc(C[NH+](C)CC(=O)Nc2cccc(Cl)c2Cl)c(C)c1. The average Bonchev–Trinajstić information content (AvgIpc) is 2.47. The van der Waals surface area contributed by atoms with Crippen LogP contribution in [0.4, 0.5) is 5.69 Å². The van der Waals surface area contributed by atoms with E-state index >= 15 is 0 Å². The van der Waals surface area contributed by atoms with Gasteiger partial charge < -0.3 is 10.2 Å². The van der Waals surface area contributed by atoms with Crippen molar-refractivity contribution in [3.8, 4) is 0 Å². The largest absolute Gasteiger partial charge is 0.326 e. The van der Waals surface area contributed by atoms with Crippen molar-refractivity contribution in [2.45, 2.75) is 20.4 Å². The Morgan fingerprint density at radius 1 is 1.17 bits per heavy atom. The molecule has 122 valence electrons. The number of amides is 1. The Morgan fingerprint density at radius 3 is 2.61 bits per heavy atom. The summed E-state index contributed by atoms with van der Waals surface area (Å²) in [6, 6.07) is 11.6. The molecular formula is C18H21Cl2N2O+. The smallest absolute Gasteiger partial charge is 0.279 e. The first-order valence-electron chi connectivity index (χ1n) is 7.48. The second-order valence-corrected chi connectivity index (χ2v) is 6.68. The van der Waals surface area contributed by atoms with Crippen LogP contribution >= 0.6 is 23.2 Å². The summed E-state index contributed by atoms with van der Waals surface area (Å²) in [5.74, 6) is -0.0866. The Balaban J connectivity index is 1.95. The van der Waals surface area contributed by atoms with Gasteiger partial charge in [-0.15, -0.1) is 0 Å².